The van der Waals surface area contributed by atoms with Gasteiger partial charge in [-0.2, -0.15) is 13.9 Å². The van der Waals surface area contributed by atoms with Gasteiger partial charge in [0.05, 0.1) is 6.21 Å². The summed E-state index contributed by atoms with van der Waals surface area (Å²) in [5, 5.41) is 6.84. The van der Waals surface area contributed by atoms with Crippen molar-refractivity contribution in [1.29, 1.82) is 0 Å². The highest BCUT2D eigenvalue weighted by Crippen LogP contribution is 2.18. The Labute approximate surface area is 90.4 Å². The molecule has 0 radical (unpaired) electrons. The Bertz CT molecular complexity index is 402. The zero-order valence-corrected chi connectivity index (χ0v) is 8.18. The summed E-state index contributed by atoms with van der Waals surface area (Å²) in [4.78, 5) is 0. The van der Waals surface area contributed by atoms with Crippen LogP contribution in [0.1, 0.15) is 5.56 Å². The van der Waals surface area contributed by atoms with Crippen molar-refractivity contribution in [2.24, 2.45) is 21.7 Å². The third-order valence-corrected chi connectivity index (χ3v) is 1.51. The molecular formula is C9H10F2N4O. The minimum Gasteiger partial charge on any atom is -0.434 e. The van der Waals surface area contributed by atoms with E-state index >= 15 is 0 Å². The van der Waals surface area contributed by atoms with Crippen molar-refractivity contribution in [1.82, 2.24) is 0 Å². The van der Waals surface area contributed by atoms with E-state index in [0.717, 1.165) is 0 Å². The summed E-state index contributed by atoms with van der Waals surface area (Å²) in [6, 6.07) is 6.15. The van der Waals surface area contributed by atoms with Crippen molar-refractivity contribution in [3.05, 3.63) is 29.8 Å². The molecule has 0 aliphatic rings. The fraction of sp³-hybridized carbons (Fsp3) is 0.111. The van der Waals surface area contributed by atoms with Crippen LogP contribution in [0.25, 0.3) is 0 Å². The van der Waals surface area contributed by atoms with E-state index in [-0.39, 0.29) is 11.7 Å². The van der Waals surface area contributed by atoms with Crippen molar-refractivity contribution in [3.8, 4) is 5.75 Å². The van der Waals surface area contributed by atoms with Crippen molar-refractivity contribution < 1.29 is 13.5 Å². The van der Waals surface area contributed by atoms with Gasteiger partial charge in [-0.25, -0.2) is 0 Å². The lowest BCUT2D eigenvalue weighted by Crippen LogP contribution is -2.21. The van der Waals surface area contributed by atoms with Gasteiger partial charge in [-0.1, -0.05) is 12.1 Å². The predicted octanol–water partition coefficient (Wildman–Crippen LogP) is 0.895. The molecule has 0 aromatic heterocycles. The molecule has 4 N–H and O–H groups in total. The van der Waals surface area contributed by atoms with Crippen LogP contribution in [-0.2, 0) is 0 Å². The SMILES string of the molecule is NC(N)=N/N=C/c1ccccc1OC(F)F. The van der Waals surface area contributed by atoms with Crippen molar-refractivity contribution in [3.63, 3.8) is 0 Å². The summed E-state index contributed by atoms with van der Waals surface area (Å²) in [6.07, 6.45) is 1.22. The minimum atomic E-state index is -2.89. The third kappa shape index (κ3) is 3.91. The molecule has 0 heterocycles. The molecular weight excluding hydrogens is 218 g/mol. The fourth-order valence-electron chi connectivity index (χ4n) is 0.948. The molecule has 0 amide bonds. The van der Waals surface area contributed by atoms with Crippen molar-refractivity contribution >= 4 is 12.2 Å². The second kappa shape index (κ2) is 5.64. The lowest BCUT2D eigenvalue weighted by Gasteiger charge is -2.06. The molecule has 5 nitrogen and oxygen atoms in total. The summed E-state index contributed by atoms with van der Waals surface area (Å²) in [5.41, 5.74) is 10.4. The zero-order chi connectivity index (χ0) is 12.0. The Morgan fingerprint density at radius 2 is 2.00 bits per heavy atom. The quantitative estimate of drug-likeness (QED) is 0.456. The van der Waals surface area contributed by atoms with Gasteiger partial charge in [0, 0.05) is 5.56 Å². The Morgan fingerprint density at radius 3 is 2.62 bits per heavy atom. The van der Waals surface area contributed by atoms with Gasteiger partial charge in [0.1, 0.15) is 5.75 Å². The lowest BCUT2D eigenvalue weighted by atomic mass is 10.2. The molecule has 1 aromatic rings. The maximum absolute atomic E-state index is 12.0. The van der Waals surface area contributed by atoms with Gasteiger partial charge in [0.25, 0.3) is 0 Å². The summed E-state index contributed by atoms with van der Waals surface area (Å²) >= 11 is 0. The number of alkyl halides is 2. The smallest absolute Gasteiger partial charge is 0.387 e. The molecule has 0 unspecified atom stereocenters. The van der Waals surface area contributed by atoms with Crippen LogP contribution in [0.5, 0.6) is 5.75 Å². The third-order valence-electron chi connectivity index (χ3n) is 1.51. The summed E-state index contributed by atoms with van der Waals surface area (Å²) in [5.74, 6) is -0.212. The molecule has 16 heavy (non-hydrogen) atoms. The number of rotatable bonds is 4. The molecule has 0 fully saturated rings. The van der Waals surface area contributed by atoms with E-state index in [9.17, 15) is 8.78 Å². The van der Waals surface area contributed by atoms with Gasteiger partial charge in [-0.15, -0.1) is 5.10 Å². The fourth-order valence-corrected chi connectivity index (χ4v) is 0.948. The average Bonchev–Trinajstić information content (AvgIpc) is 2.19. The number of nitrogens with two attached hydrogens (primary N) is 2. The molecule has 0 saturated carbocycles. The van der Waals surface area contributed by atoms with Crippen LogP contribution < -0.4 is 16.2 Å². The molecule has 0 aliphatic heterocycles. The molecule has 0 aliphatic carbocycles. The number of guanidine groups is 1. The summed E-state index contributed by atoms with van der Waals surface area (Å²) in [6.45, 7) is -2.89. The van der Waals surface area contributed by atoms with Crippen molar-refractivity contribution in [2.75, 3.05) is 0 Å². The highest BCUT2D eigenvalue weighted by Gasteiger charge is 2.06. The second-order valence-electron chi connectivity index (χ2n) is 2.69. The predicted molar refractivity (Wildman–Crippen MR) is 56.5 cm³/mol. The summed E-state index contributed by atoms with van der Waals surface area (Å²) in [7, 11) is 0. The number of ether oxygens (including phenoxy) is 1. The monoisotopic (exact) mass is 228 g/mol. The topological polar surface area (TPSA) is 86.0 Å². The average molecular weight is 228 g/mol. The normalized spacial score (nSPS) is 10.7. The number of hydrogen-bond donors (Lipinski definition) is 2. The van der Waals surface area contributed by atoms with E-state index in [1.807, 2.05) is 0 Å². The molecule has 0 bridgehead atoms. The van der Waals surface area contributed by atoms with Gasteiger partial charge in [0.15, 0.2) is 0 Å². The van der Waals surface area contributed by atoms with E-state index in [1.54, 1.807) is 18.2 Å². The first-order chi connectivity index (χ1) is 7.59. The van der Waals surface area contributed by atoms with E-state index in [2.05, 4.69) is 14.9 Å². The standard InChI is InChI=1S/C9H10F2N4O/c10-8(11)16-7-4-2-1-3-6(7)5-14-15-9(12)13/h1-5,8H,(H4,12,13,15)/b14-5+. The van der Waals surface area contributed by atoms with Crippen LogP contribution >= 0.6 is 0 Å². The van der Waals surface area contributed by atoms with E-state index < -0.39 is 6.61 Å². The van der Waals surface area contributed by atoms with Gasteiger partial charge >= 0.3 is 6.61 Å². The van der Waals surface area contributed by atoms with Crippen LogP contribution in [0.4, 0.5) is 8.78 Å². The Hall–Kier alpha value is -2.18. The molecule has 0 spiro atoms. The molecule has 7 heteroatoms. The zero-order valence-electron chi connectivity index (χ0n) is 8.18. The van der Waals surface area contributed by atoms with Crippen LogP contribution in [-0.4, -0.2) is 18.8 Å². The first-order valence-electron chi connectivity index (χ1n) is 4.25. The molecule has 86 valence electrons. The Balaban J connectivity index is 2.86. The number of halogens is 2. The molecule has 1 rings (SSSR count). The summed E-state index contributed by atoms with van der Waals surface area (Å²) < 4.78 is 28.3. The number of para-hydroxylation sites is 1. The van der Waals surface area contributed by atoms with Gasteiger partial charge in [0.2, 0.25) is 5.96 Å². The van der Waals surface area contributed by atoms with Gasteiger partial charge in [-0.3, -0.25) is 0 Å². The van der Waals surface area contributed by atoms with Crippen LogP contribution in [0.2, 0.25) is 0 Å². The van der Waals surface area contributed by atoms with Gasteiger partial charge < -0.3 is 16.2 Å². The van der Waals surface area contributed by atoms with Crippen molar-refractivity contribution in [2.45, 2.75) is 6.61 Å². The van der Waals surface area contributed by atoms with E-state index in [0.29, 0.717) is 5.56 Å². The molecule has 0 saturated heterocycles. The Kier molecular flexibility index (Phi) is 4.19. The van der Waals surface area contributed by atoms with Crippen LogP contribution in [0.3, 0.4) is 0 Å². The lowest BCUT2D eigenvalue weighted by molar-refractivity contribution is -0.0499. The number of benzene rings is 1. The Morgan fingerprint density at radius 1 is 1.31 bits per heavy atom. The maximum atomic E-state index is 12.0. The van der Waals surface area contributed by atoms with Gasteiger partial charge in [-0.05, 0) is 12.1 Å². The van der Waals surface area contributed by atoms with E-state index in [1.165, 1.54) is 12.3 Å². The maximum Gasteiger partial charge on any atom is 0.387 e. The number of hydrogen-bond acceptors (Lipinski definition) is 3. The highest BCUT2D eigenvalue weighted by molar-refractivity contribution is 5.84. The largest absolute Gasteiger partial charge is 0.434 e. The minimum absolute atomic E-state index is 0.00652. The molecule has 1 aromatic carbocycles. The van der Waals surface area contributed by atoms with Crippen LogP contribution in [0, 0.1) is 0 Å². The first-order valence-corrected chi connectivity index (χ1v) is 4.25. The van der Waals surface area contributed by atoms with Crippen LogP contribution in [0.15, 0.2) is 34.5 Å². The first kappa shape index (κ1) is 11.9. The second-order valence-corrected chi connectivity index (χ2v) is 2.69. The van der Waals surface area contributed by atoms with E-state index in [4.69, 9.17) is 11.5 Å². The number of nitrogens with zero attached hydrogens (tertiary/aromatic N) is 2. The molecule has 0 atom stereocenters. The highest BCUT2D eigenvalue weighted by atomic mass is 19.3.